The number of nitrogen functional groups attached to an aromatic ring is 1. The molecule has 0 saturated heterocycles. The van der Waals surface area contributed by atoms with Crippen molar-refractivity contribution in [3.63, 3.8) is 0 Å². The molecule has 0 saturated carbocycles. The first-order chi connectivity index (χ1) is 10.6. The molecule has 0 spiro atoms. The van der Waals surface area contributed by atoms with Crippen molar-refractivity contribution >= 4 is 55.6 Å². The molecule has 0 heterocycles. The molecule has 0 radical (unpaired) electrons. The first kappa shape index (κ1) is 14.9. The Labute approximate surface area is 141 Å². The standard InChI is InChI=1S/C17H12BrClN2O/c18-14-9-10(20)7-8-16(14)21-17(22)13-5-1-4-12-11(13)3-2-6-15(12)19/h1-9H,20H2,(H,21,22). The highest BCUT2D eigenvalue weighted by molar-refractivity contribution is 9.10. The topological polar surface area (TPSA) is 55.1 Å². The molecule has 3 rings (SSSR count). The second kappa shape index (κ2) is 5.99. The largest absolute Gasteiger partial charge is 0.399 e. The highest BCUT2D eigenvalue weighted by atomic mass is 79.9. The smallest absolute Gasteiger partial charge is 0.256 e. The van der Waals surface area contributed by atoms with Gasteiger partial charge in [-0.3, -0.25) is 4.79 Å². The van der Waals surface area contributed by atoms with Gasteiger partial charge in [-0.15, -0.1) is 0 Å². The molecule has 3 aromatic carbocycles. The fourth-order valence-corrected chi connectivity index (χ4v) is 3.03. The van der Waals surface area contributed by atoms with Crippen LogP contribution in [0.5, 0.6) is 0 Å². The molecule has 0 atom stereocenters. The molecule has 0 aliphatic rings. The van der Waals surface area contributed by atoms with Crippen molar-refractivity contribution in [2.45, 2.75) is 0 Å². The first-order valence-corrected chi connectivity index (χ1v) is 7.77. The summed E-state index contributed by atoms with van der Waals surface area (Å²) in [5.74, 6) is -0.196. The van der Waals surface area contributed by atoms with Crippen LogP contribution in [0.15, 0.2) is 59.1 Å². The number of carbonyl (C=O) groups excluding carboxylic acids is 1. The number of rotatable bonds is 2. The van der Waals surface area contributed by atoms with Gasteiger partial charge in [0.2, 0.25) is 0 Å². The zero-order valence-corrected chi connectivity index (χ0v) is 13.8. The lowest BCUT2D eigenvalue weighted by atomic mass is 10.0. The Balaban J connectivity index is 2.01. The van der Waals surface area contributed by atoms with E-state index in [1.807, 2.05) is 30.3 Å². The summed E-state index contributed by atoms with van der Waals surface area (Å²) in [5, 5.41) is 5.18. The number of nitrogens with two attached hydrogens (primary N) is 1. The van der Waals surface area contributed by atoms with Gasteiger partial charge in [0.1, 0.15) is 0 Å². The average molecular weight is 376 g/mol. The van der Waals surface area contributed by atoms with E-state index in [9.17, 15) is 4.79 Å². The van der Waals surface area contributed by atoms with Gasteiger partial charge in [-0.25, -0.2) is 0 Å². The zero-order valence-electron chi connectivity index (χ0n) is 11.4. The molecule has 3 nitrogen and oxygen atoms in total. The van der Waals surface area contributed by atoms with Gasteiger partial charge in [-0.1, -0.05) is 35.9 Å². The third kappa shape index (κ3) is 2.80. The van der Waals surface area contributed by atoms with Gasteiger partial charge < -0.3 is 11.1 Å². The number of hydrogen-bond donors (Lipinski definition) is 2. The van der Waals surface area contributed by atoms with Gasteiger partial charge in [0.15, 0.2) is 0 Å². The quantitative estimate of drug-likeness (QED) is 0.613. The molecule has 0 aliphatic carbocycles. The van der Waals surface area contributed by atoms with Crippen LogP contribution < -0.4 is 11.1 Å². The van der Waals surface area contributed by atoms with Crippen LogP contribution in [0, 0.1) is 0 Å². The van der Waals surface area contributed by atoms with Crippen molar-refractivity contribution in [3.8, 4) is 0 Å². The summed E-state index contributed by atoms with van der Waals surface area (Å²) >= 11 is 9.58. The van der Waals surface area contributed by atoms with Crippen LogP contribution in [0.2, 0.25) is 5.02 Å². The van der Waals surface area contributed by atoms with E-state index in [2.05, 4.69) is 21.2 Å². The van der Waals surface area contributed by atoms with E-state index < -0.39 is 0 Å². The predicted octanol–water partition coefficient (Wildman–Crippen LogP) is 5.09. The molecule has 0 bridgehead atoms. The Bertz CT molecular complexity index is 880. The van der Waals surface area contributed by atoms with Crippen LogP contribution >= 0.6 is 27.5 Å². The lowest BCUT2D eigenvalue weighted by Gasteiger charge is -2.10. The van der Waals surface area contributed by atoms with Crippen molar-refractivity contribution in [2.24, 2.45) is 0 Å². The monoisotopic (exact) mass is 374 g/mol. The molecule has 22 heavy (non-hydrogen) atoms. The number of carbonyl (C=O) groups is 1. The Hall–Kier alpha value is -2.04. The molecular formula is C17H12BrClN2O. The molecule has 0 unspecified atom stereocenters. The molecule has 110 valence electrons. The minimum absolute atomic E-state index is 0.196. The van der Waals surface area contributed by atoms with Crippen LogP contribution in [-0.4, -0.2) is 5.91 Å². The minimum Gasteiger partial charge on any atom is -0.399 e. The van der Waals surface area contributed by atoms with E-state index in [1.54, 1.807) is 24.3 Å². The number of halogens is 2. The molecule has 0 fully saturated rings. The summed E-state index contributed by atoms with van der Waals surface area (Å²) < 4.78 is 0.735. The number of anilines is 2. The summed E-state index contributed by atoms with van der Waals surface area (Å²) in [4.78, 5) is 12.6. The summed E-state index contributed by atoms with van der Waals surface area (Å²) in [6.45, 7) is 0. The maximum atomic E-state index is 12.6. The SMILES string of the molecule is Nc1ccc(NC(=O)c2cccc3c(Cl)cccc23)c(Br)c1. The zero-order chi connectivity index (χ0) is 15.7. The molecule has 5 heteroatoms. The van der Waals surface area contributed by atoms with Crippen molar-refractivity contribution in [2.75, 3.05) is 11.1 Å². The van der Waals surface area contributed by atoms with Crippen molar-refractivity contribution in [1.82, 2.24) is 0 Å². The van der Waals surface area contributed by atoms with E-state index in [0.717, 1.165) is 15.2 Å². The molecular weight excluding hydrogens is 364 g/mol. The molecule has 3 aromatic rings. The van der Waals surface area contributed by atoms with Gasteiger partial charge in [0, 0.05) is 26.1 Å². The van der Waals surface area contributed by atoms with Crippen LogP contribution in [-0.2, 0) is 0 Å². The van der Waals surface area contributed by atoms with Gasteiger partial charge in [0.05, 0.1) is 5.69 Å². The number of hydrogen-bond acceptors (Lipinski definition) is 2. The molecule has 1 amide bonds. The first-order valence-electron chi connectivity index (χ1n) is 6.60. The van der Waals surface area contributed by atoms with Crippen LogP contribution in [0.4, 0.5) is 11.4 Å². The number of fused-ring (bicyclic) bond motifs is 1. The van der Waals surface area contributed by atoms with Crippen LogP contribution in [0.1, 0.15) is 10.4 Å². The van der Waals surface area contributed by atoms with Gasteiger partial charge in [-0.2, -0.15) is 0 Å². The van der Waals surface area contributed by atoms with E-state index in [0.29, 0.717) is 22.0 Å². The van der Waals surface area contributed by atoms with Gasteiger partial charge >= 0.3 is 0 Å². The minimum atomic E-state index is -0.196. The summed E-state index contributed by atoms with van der Waals surface area (Å²) in [6, 6.07) is 16.3. The second-order valence-corrected chi connectivity index (χ2v) is 6.10. The van der Waals surface area contributed by atoms with E-state index in [-0.39, 0.29) is 5.91 Å². The van der Waals surface area contributed by atoms with Crippen LogP contribution in [0.25, 0.3) is 10.8 Å². The van der Waals surface area contributed by atoms with E-state index >= 15 is 0 Å². The predicted molar refractivity (Wildman–Crippen MR) is 95.5 cm³/mol. The fourth-order valence-electron chi connectivity index (χ4n) is 2.29. The van der Waals surface area contributed by atoms with Gasteiger partial charge in [0.25, 0.3) is 5.91 Å². The summed E-state index contributed by atoms with van der Waals surface area (Å²) in [5.41, 5.74) is 7.57. The third-order valence-corrected chi connectivity index (χ3v) is 4.34. The van der Waals surface area contributed by atoms with Crippen molar-refractivity contribution in [3.05, 3.63) is 69.7 Å². The number of benzene rings is 3. The summed E-state index contributed by atoms with van der Waals surface area (Å²) in [7, 11) is 0. The second-order valence-electron chi connectivity index (χ2n) is 4.83. The highest BCUT2D eigenvalue weighted by Crippen LogP contribution is 2.28. The molecule has 0 aliphatic heterocycles. The molecule has 0 aromatic heterocycles. The third-order valence-electron chi connectivity index (χ3n) is 3.35. The lowest BCUT2D eigenvalue weighted by molar-refractivity contribution is 0.102. The number of amides is 1. The summed E-state index contributed by atoms with van der Waals surface area (Å²) in [6.07, 6.45) is 0. The fraction of sp³-hybridized carbons (Fsp3) is 0. The van der Waals surface area contributed by atoms with E-state index in [4.69, 9.17) is 17.3 Å². The van der Waals surface area contributed by atoms with Gasteiger partial charge in [-0.05, 0) is 51.6 Å². The lowest BCUT2D eigenvalue weighted by Crippen LogP contribution is -2.12. The average Bonchev–Trinajstić information content (AvgIpc) is 2.50. The Morgan fingerprint density at radius 3 is 2.55 bits per heavy atom. The van der Waals surface area contributed by atoms with E-state index in [1.165, 1.54) is 0 Å². The normalized spacial score (nSPS) is 10.6. The van der Waals surface area contributed by atoms with Crippen LogP contribution in [0.3, 0.4) is 0 Å². The maximum absolute atomic E-state index is 12.6. The Kier molecular flexibility index (Phi) is 4.05. The Morgan fingerprint density at radius 2 is 1.77 bits per heavy atom. The Morgan fingerprint density at radius 1 is 1.05 bits per heavy atom. The maximum Gasteiger partial charge on any atom is 0.256 e. The highest BCUT2D eigenvalue weighted by Gasteiger charge is 2.12. The van der Waals surface area contributed by atoms with Crippen molar-refractivity contribution < 1.29 is 4.79 Å². The molecule has 3 N–H and O–H groups in total. The number of nitrogens with one attached hydrogen (secondary N) is 1. The van der Waals surface area contributed by atoms with Crippen molar-refractivity contribution in [1.29, 1.82) is 0 Å².